The number of carbonyl (C=O) groups is 4. The van der Waals surface area contributed by atoms with Gasteiger partial charge in [0.05, 0.1) is 12.6 Å². The number of aromatic nitrogens is 2. The number of nitrogens with zero attached hydrogens (tertiary/aromatic N) is 1. The highest BCUT2D eigenvalue weighted by Gasteiger charge is 2.27. The average molecular weight is 547 g/mol. The number of H-pyrrole nitrogens is 1. The molecule has 0 spiro atoms. The zero-order valence-electron chi connectivity index (χ0n) is 21.4. The minimum atomic E-state index is -0.922. The van der Waals surface area contributed by atoms with Crippen LogP contribution in [0.5, 0.6) is 0 Å². The predicted molar refractivity (Wildman–Crippen MR) is 150 cm³/mol. The standard InChI is InChI=1S/C28H30N6O4S/c1-2-24(35)34-23(13-17-7-3-5-9-20(17)29)27(38)32-16-25(36)33-22(26(37)28-30-11-12-39-28)14-18-15-31-21-10-6-4-8-19(18)21/h3-12,15,22-23,31H,2,13-14,16,29H2,1H3,(H,32,38)(H,33,36)(H,34,35). The second kappa shape index (κ2) is 12.8. The summed E-state index contributed by atoms with van der Waals surface area (Å²) in [5.41, 5.74) is 9.01. The number of hydrogen-bond acceptors (Lipinski definition) is 7. The number of nitrogen functional groups attached to an aromatic ring is 1. The Morgan fingerprint density at radius 1 is 0.949 bits per heavy atom. The van der Waals surface area contributed by atoms with Gasteiger partial charge in [0.25, 0.3) is 0 Å². The fraction of sp³-hybridized carbons (Fsp3) is 0.250. The number of ketones is 1. The van der Waals surface area contributed by atoms with Gasteiger partial charge in [-0.05, 0) is 23.3 Å². The molecule has 0 aliphatic carbocycles. The zero-order chi connectivity index (χ0) is 27.8. The molecule has 2 unspecified atom stereocenters. The maximum absolute atomic E-state index is 13.2. The van der Waals surface area contributed by atoms with Gasteiger partial charge in [-0.1, -0.05) is 43.3 Å². The summed E-state index contributed by atoms with van der Waals surface area (Å²) in [7, 11) is 0. The highest BCUT2D eigenvalue weighted by Crippen LogP contribution is 2.21. The minimum absolute atomic E-state index is 0.164. The van der Waals surface area contributed by atoms with Crippen molar-refractivity contribution < 1.29 is 19.2 Å². The van der Waals surface area contributed by atoms with E-state index in [9.17, 15) is 19.2 Å². The lowest BCUT2D eigenvalue weighted by atomic mass is 10.0. The molecule has 0 saturated carbocycles. The lowest BCUT2D eigenvalue weighted by Crippen LogP contribution is -2.51. The van der Waals surface area contributed by atoms with E-state index >= 15 is 0 Å². The van der Waals surface area contributed by atoms with Crippen LogP contribution >= 0.6 is 11.3 Å². The van der Waals surface area contributed by atoms with Crippen LogP contribution in [0.4, 0.5) is 5.69 Å². The van der Waals surface area contributed by atoms with Crippen LogP contribution in [0.1, 0.15) is 34.3 Å². The molecule has 6 N–H and O–H groups in total. The first-order valence-corrected chi connectivity index (χ1v) is 13.4. The first-order valence-electron chi connectivity index (χ1n) is 12.5. The Morgan fingerprint density at radius 3 is 2.41 bits per heavy atom. The highest BCUT2D eigenvalue weighted by molar-refractivity contribution is 7.11. The second-order valence-corrected chi connectivity index (χ2v) is 9.87. The number of anilines is 1. The molecule has 0 bridgehead atoms. The summed E-state index contributed by atoms with van der Waals surface area (Å²) in [6.45, 7) is 1.30. The molecule has 0 saturated heterocycles. The van der Waals surface area contributed by atoms with Crippen LogP contribution in [0, 0.1) is 0 Å². The van der Waals surface area contributed by atoms with Gasteiger partial charge >= 0.3 is 0 Å². The molecule has 4 aromatic rings. The van der Waals surface area contributed by atoms with E-state index in [0.29, 0.717) is 11.3 Å². The molecular weight excluding hydrogens is 516 g/mol. The Labute approximate surface area is 229 Å². The van der Waals surface area contributed by atoms with E-state index in [-0.39, 0.29) is 42.5 Å². The molecule has 2 atom stereocenters. The Bertz CT molecular complexity index is 1470. The van der Waals surface area contributed by atoms with Gasteiger partial charge in [-0.25, -0.2) is 4.98 Å². The molecule has 11 heteroatoms. The molecule has 2 aromatic heterocycles. The van der Waals surface area contributed by atoms with Crippen LogP contribution in [0.25, 0.3) is 10.9 Å². The lowest BCUT2D eigenvalue weighted by Gasteiger charge is -2.20. The third-order valence-corrected chi connectivity index (χ3v) is 7.06. The summed E-state index contributed by atoms with van der Waals surface area (Å²) in [6.07, 6.45) is 3.95. The zero-order valence-corrected chi connectivity index (χ0v) is 22.2. The summed E-state index contributed by atoms with van der Waals surface area (Å²) in [4.78, 5) is 58.5. The van der Waals surface area contributed by atoms with Crippen LogP contribution in [0.15, 0.2) is 66.3 Å². The number of fused-ring (bicyclic) bond motifs is 1. The van der Waals surface area contributed by atoms with E-state index in [1.165, 1.54) is 17.5 Å². The monoisotopic (exact) mass is 546 g/mol. The van der Waals surface area contributed by atoms with E-state index in [1.807, 2.05) is 30.5 Å². The number of benzene rings is 2. The predicted octanol–water partition coefficient (Wildman–Crippen LogP) is 2.37. The lowest BCUT2D eigenvalue weighted by molar-refractivity contribution is -0.130. The fourth-order valence-electron chi connectivity index (χ4n) is 4.21. The van der Waals surface area contributed by atoms with Crippen LogP contribution in [0.3, 0.4) is 0 Å². The SMILES string of the molecule is CCC(=O)NC(Cc1ccccc1N)C(=O)NCC(=O)NC(Cc1c[nH]c2ccccc12)C(=O)c1nccs1. The van der Waals surface area contributed by atoms with Crippen molar-refractivity contribution in [2.24, 2.45) is 0 Å². The number of nitrogens with two attached hydrogens (primary N) is 1. The number of aromatic amines is 1. The molecule has 39 heavy (non-hydrogen) atoms. The van der Waals surface area contributed by atoms with Crippen molar-refractivity contribution in [3.8, 4) is 0 Å². The van der Waals surface area contributed by atoms with Crippen molar-refractivity contribution in [2.45, 2.75) is 38.3 Å². The van der Waals surface area contributed by atoms with E-state index < -0.39 is 23.9 Å². The van der Waals surface area contributed by atoms with Gasteiger partial charge in [0.15, 0.2) is 5.01 Å². The van der Waals surface area contributed by atoms with Gasteiger partial charge in [-0.15, -0.1) is 11.3 Å². The maximum Gasteiger partial charge on any atom is 0.243 e. The third-order valence-electron chi connectivity index (χ3n) is 6.27. The van der Waals surface area contributed by atoms with Gasteiger partial charge in [0.2, 0.25) is 23.5 Å². The number of rotatable bonds is 12. The first kappa shape index (κ1) is 27.5. The molecule has 0 radical (unpaired) electrons. The summed E-state index contributed by atoms with van der Waals surface area (Å²) in [5.74, 6) is -1.70. The van der Waals surface area contributed by atoms with Crippen LogP contribution < -0.4 is 21.7 Å². The van der Waals surface area contributed by atoms with Gasteiger partial charge in [-0.3, -0.25) is 19.2 Å². The van der Waals surface area contributed by atoms with Gasteiger partial charge in [-0.2, -0.15) is 0 Å². The molecule has 2 aromatic carbocycles. The second-order valence-electron chi connectivity index (χ2n) is 8.98. The Kier molecular flexibility index (Phi) is 9.06. The van der Waals surface area contributed by atoms with Crippen molar-refractivity contribution in [2.75, 3.05) is 12.3 Å². The Balaban J connectivity index is 1.44. The van der Waals surface area contributed by atoms with Crippen molar-refractivity contribution in [3.05, 3.63) is 82.4 Å². The summed E-state index contributed by atoms with van der Waals surface area (Å²) in [6, 6.07) is 12.9. The van der Waals surface area contributed by atoms with Crippen molar-refractivity contribution in [1.29, 1.82) is 0 Å². The quantitative estimate of drug-likeness (QED) is 0.136. The Morgan fingerprint density at radius 2 is 1.67 bits per heavy atom. The maximum atomic E-state index is 13.2. The largest absolute Gasteiger partial charge is 0.399 e. The van der Waals surface area contributed by atoms with Gasteiger partial charge in [0, 0.05) is 53.6 Å². The van der Waals surface area contributed by atoms with E-state index in [1.54, 1.807) is 36.6 Å². The number of amides is 3. The molecular formula is C28H30N6O4S. The third kappa shape index (κ3) is 7.08. The minimum Gasteiger partial charge on any atom is -0.399 e. The Hall–Kier alpha value is -4.51. The molecule has 2 heterocycles. The molecule has 0 aliphatic heterocycles. The molecule has 10 nitrogen and oxygen atoms in total. The number of nitrogens with one attached hydrogen (secondary N) is 4. The summed E-state index contributed by atoms with van der Waals surface area (Å²) in [5, 5.41) is 11.0. The number of hydrogen-bond donors (Lipinski definition) is 5. The van der Waals surface area contributed by atoms with Crippen LogP contribution in [-0.2, 0) is 27.2 Å². The number of carbonyl (C=O) groups excluding carboxylic acids is 4. The van der Waals surface area contributed by atoms with Crippen LogP contribution in [-0.4, -0.2) is 52.1 Å². The topological polar surface area (TPSA) is 159 Å². The number of para-hydroxylation sites is 2. The smallest absolute Gasteiger partial charge is 0.243 e. The summed E-state index contributed by atoms with van der Waals surface area (Å²) >= 11 is 1.19. The molecule has 4 rings (SSSR count). The van der Waals surface area contributed by atoms with Crippen molar-refractivity contribution in [1.82, 2.24) is 25.9 Å². The van der Waals surface area contributed by atoms with Crippen LogP contribution in [0.2, 0.25) is 0 Å². The van der Waals surface area contributed by atoms with E-state index in [4.69, 9.17) is 5.73 Å². The summed E-state index contributed by atoms with van der Waals surface area (Å²) < 4.78 is 0. The molecule has 202 valence electrons. The van der Waals surface area contributed by atoms with Crippen molar-refractivity contribution >= 4 is 51.4 Å². The van der Waals surface area contributed by atoms with E-state index in [2.05, 4.69) is 25.9 Å². The molecule has 3 amide bonds. The molecule has 0 fully saturated rings. The average Bonchev–Trinajstić information content (AvgIpc) is 3.62. The van der Waals surface area contributed by atoms with Crippen molar-refractivity contribution in [3.63, 3.8) is 0 Å². The molecule has 0 aliphatic rings. The van der Waals surface area contributed by atoms with Gasteiger partial charge in [0.1, 0.15) is 6.04 Å². The normalized spacial score (nSPS) is 12.4. The number of thiazole rings is 1. The van der Waals surface area contributed by atoms with E-state index in [0.717, 1.165) is 16.5 Å². The van der Waals surface area contributed by atoms with Gasteiger partial charge < -0.3 is 26.7 Å². The highest BCUT2D eigenvalue weighted by atomic mass is 32.1. The number of Topliss-reactive ketones (excluding diaryl/α,β-unsaturated/α-hetero) is 1. The first-order chi connectivity index (χ1) is 18.9. The fourth-order valence-corrected chi connectivity index (χ4v) is 4.84.